The van der Waals surface area contributed by atoms with E-state index in [1.54, 1.807) is 18.2 Å². The molecule has 4 heteroatoms. The Kier molecular flexibility index (Phi) is 8.12. The number of ether oxygens (including phenoxy) is 1. The predicted octanol–water partition coefficient (Wildman–Crippen LogP) is 4.90. The molecule has 1 aromatic carbocycles. The van der Waals surface area contributed by atoms with Gasteiger partial charge < -0.3 is 10.1 Å². The number of hydrogen-bond acceptors (Lipinski definition) is 3. The smallest absolute Gasteiger partial charge is 0.339 e. The largest absolute Gasteiger partial charge is 0.465 e. The normalized spacial score (nSPS) is 10.3. The highest BCUT2D eigenvalue weighted by atomic mass is 35.5. The molecule has 0 aliphatic heterocycles. The number of nitrogens with one attached hydrogen (secondary N) is 1. The monoisotopic (exact) mass is 297 g/mol. The van der Waals surface area contributed by atoms with Gasteiger partial charge in [-0.25, -0.2) is 4.79 Å². The first kappa shape index (κ1) is 16.8. The summed E-state index contributed by atoms with van der Waals surface area (Å²) in [5.41, 5.74) is 1.28. The zero-order valence-corrected chi connectivity index (χ0v) is 13.1. The molecule has 0 aromatic heterocycles. The molecule has 0 aliphatic rings. The van der Waals surface area contributed by atoms with Gasteiger partial charge in [-0.05, 0) is 24.6 Å². The highest BCUT2D eigenvalue weighted by Gasteiger charge is 2.11. The van der Waals surface area contributed by atoms with Gasteiger partial charge in [-0.1, -0.05) is 50.6 Å². The van der Waals surface area contributed by atoms with Crippen molar-refractivity contribution in [3.8, 4) is 0 Å². The van der Waals surface area contributed by atoms with Crippen LogP contribution in [0.25, 0.3) is 0 Å². The Balaban J connectivity index is 2.42. The zero-order chi connectivity index (χ0) is 14.8. The number of anilines is 1. The van der Waals surface area contributed by atoms with E-state index in [-0.39, 0.29) is 5.97 Å². The topological polar surface area (TPSA) is 38.3 Å². The average molecular weight is 298 g/mol. The van der Waals surface area contributed by atoms with Gasteiger partial charge in [0.05, 0.1) is 18.4 Å². The number of hydrogen-bond donors (Lipinski definition) is 1. The fourth-order valence-corrected chi connectivity index (χ4v) is 2.25. The molecule has 0 unspecified atom stereocenters. The van der Waals surface area contributed by atoms with Crippen LogP contribution in [0.2, 0.25) is 5.02 Å². The first-order valence-corrected chi connectivity index (χ1v) is 7.68. The summed E-state index contributed by atoms with van der Waals surface area (Å²) in [6.07, 6.45) is 7.46. The number of carbonyl (C=O) groups is 1. The van der Waals surface area contributed by atoms with Crippen molar-refractivity contribution in [1.29, 1.82) is 0 Å². The van der Waals surface area contributed by atoms with Gasteiger partial charge in [-0.15, -0.1) is 0 Å². The first-order valence-electron chi connectivity index (χ1n) is 7.30. The molecule has 0 aliphatic carbocycles. The SMILES string of the molecule is CCCCCCCCNc1cc(Cl)ccc1C(=O)OC. The van der Waals surface area contributed by atoms with Crippen LogP contribution in [0.3, 0.4) is 0 Å². The zero-order valence-electron chi connectivity index (χ0n) is 12.4. The van der Waals surface area contributed by atoms with Gasteiger partial charge in [0.1, 0.15) is 0 Å². The number of halogens is 1. The maximum Gasteiger partial charge on any atom is 0.339 e. The van der Waals surface area contributed by atoms with E-state index in [4.69, 9.17) is 16.3 Å². The Morgan fingerprint density at radius 3 is 2.60 bits per heavy atom. The molecule has 20 heavy (non-hydrogen) atoms. The minimum atomic E-state index is -0.341. The third-order valence-electron chi connectivity index (χ3n) is 3.23. The fourth-order valence-electron chi connectivity index (χ4n) is 2.08. The minimum Gasteiger partial charge on any atom is -0.465 e. The third kappa shape index (κ3) is 5.83. The minimum absolute atomic E-state index is 0.341. The number of methoxy groups -OCH3 is 1. The van der Waals surface area contributed by atoms with Crippen molar-refractivity contribution in [1.82, 2.24) is 0 Å². The standard InChI is InChI=1S/C16H24ClNO2/c1-3-4-5-6-7-8-11-18-15-12-13(17)9-10-14(15)16(19)20-2/h9-10,12,18H,3-8,11H2,1-2H3. The van der Waals surface area contributed by atoms with Crippen molar-refractivity contribution in [2.45, 2.75) is 45.4 Å². The molecule has 112 valence electrons. The van der Waals surface area contributed by atoms with E-state index in [0.717, 1.165) is 18.7 Å². The first-order chi connectivity index (χ1) is 9.69. The number of esters is 1. The fraction of sp³-hybridized carbons (Fsp3) is 0.562. The summed E-state index contributed by atoms with van der Waals surface area (Å²) in [6.45, 7) is 3.06. The summed E-state index contributed by atoms with van der Waals surface area (Å²) in [7, 11) is 1.38. The van der Waals surface area contributed by atoms with Crippen LogP contribution in [-0.2, 0) is 4.74 Å². The molecule has 0 heterocycles. The van der Waals surface area contributed by atoms with Crippen molar-refractivity contribution >= 4 is 23.3 Å². The molecule has 0 spiro atoms. The second-order valence-electron chi connectivity index (χ2n) is 4.88. The molecule has 1 rings (SSSR count). The Bertz CT molecular complexity index is 421. The van der Waals surface area contributed by atoms with Gasteiger partial charge in [0.15, 0.2) is 0 Å². The van der Waals surface area contributed by atoms with Crippen LogP contribution in [0.4, 0.5) is 5.69 Å². The Labute approximate surface area is 126 Å². The highest BCUT2D eigenvalue weighted by Crippen LogP contribution is 2.22. The van der Waals surface area contributed by atoms with E-state index in [9.17, 15) is 4.79 Å². The van der Waals surface area contributed by atoms with Crippen molar-refractivity contribution < 1.29 is 9.53 Å². The molecule has 1 N–H and O–H groups in total. The van der Waals surface area contributed by atoms with Gasteiger partial charge in [0, 0.05) is 11.6 Å². The summed E-state index contributed by atoms with van der Waals surface area (Å²) < 4.78 is 4.77. The van der Waals surface area contributed by atoms with Crippen molar-refractivity contribution in [3.05, 3.63) is 28.8 Å². The van der Waals surface area contributed by atoms with Crippen LogP contribution in [0.1, 0.15) is 55.8 Å². The average Bonchev–Trinajstić information content (AvgIpc) is 2.45. The lowest BCUT2D eigenvalue weighted by Crippen LogP contribution is -2.09. The van der Waals surface area contributed by atoms with Crippen molar-refractivity contribution in [2.24, 2.45) is 0 Å². The number of benzene rings is 1. The van der Waals surface area contributed by atoms with Crippen LogP contribution in [-0.4, -0.2) is 19.6 Å². The molecule has 0 saturated heterocycles. The van der Waals surface area contributed by atoms with Crippen molar-refractivity contribution in [2.75, 3.05) is 19.0 Å². The molecular formula is C16H24ClNO2. The second-order valence-corrected chi connectivity index (χ2v) is 5.31. The summed E-state index contributed by atoms with van der Waals surface area (Å²) in [5.74, 6) is -0.341. The third-order valence-corrected chi connectivity index (χ3v) is 3.47. The van der Waals surface area contributed by atoms with Gasteiger partial charge in [0.25, 0.3) is 0 Å². The lowest BCUT2D eigenvalue weighted by atomic mass is 10.1. The molecule has 0 atom stereocenters. The van der Waals surface area contributed by atoms with Crippen LogP contribution in [0.15, 0.2) is 18.2 Å². The number of rotatable bonds is 9. The Morgan fingerprint density at radius 2 is 1.90 bits per heavy atom. The number of carbonyl (C=O) groups excluding carboxylic acids is 1. The van der Waals surface area contributed by atoms with Crippen LogP contribution < -0.4 is 5.32 Å². The lowest BCUT2D eigenvalue weighted by Gasteiger charge is -2.11. The molecule has 0 bridgehead atoms. The number of unbranched alkanes of at least 4 members (excludes halogenated alkanes) is 5. The molecular weight excluding hydrogens is 274 g/mol. The molecule has 0 radical (unpaired) electrons. The molecule has 3 nitrogen and oxygen atoms in total. The lowest BCUT2D eigenvalue weighted by molar-refractivity contribution is 0.0602. The van der Waals surface area contributed by atoms with Crippen LogP contribution in [0.5, 0.6) is 0 Å². The summed E-state index contributed by atoms with van der Waals surface area (Å²) in [6, 6.07) is 5.16. The van der Waals surface area contributed by atoms with Crippen LogP contribution >= 0.6 is 11.6 Å². The van der Waals surface area contributed by atoms with E-state index < -0.39 is 0 Å². The molecule has 0 saturated carbocycles. The quantitative estimate of drug-likeness (QED) is 0.520. The van der Waals surface area contributed by atoms with Gasteiger partial charge in [-0.2, -0.15) is 0 Å². The Morgan fingerprint density at radius 1 is 1.20 bits per heavy atom. The second kappa shape index (κ2) is 9.65. The van der Waals surface area contributed by atoms with Crippen molar-refractivity contribution in [3.63, 3.8) is 0 Å². The molecule has 0 fully saturated rings. The van der Waals surface area contributed by atoms with E-state index in [0.29, 0.717) is 10.6 Å². The van der Waals surface area contributed by atoms with Gasteiger partial charge in [0.2, 0.25) is 0 Å². The van der Waals surface area contributed by atoms with E-state index in [1.165, 1.54) is 39.2 Å². The highest BCUT2D eigenvalue weighted by molar-refractivity contribution is 6.31. The van der Waals surface area contributed by atoms with Gasteiger partial charge >= 0.3 is 5.97 Å². The maximum atomic E-state index is 11.6. The molecule has 1 aromatic rings. The molecule has 0 amide bonds. The summed E-state index contributed by atoms with van der Waals surface area (Å²) in [5, 5.41) is 3.89. The maximum absolute atomic E-state index is 11.6. The predicted molar refractivity (Wildman–Crippen MR) is 84.7 cm³/mol. The van der Waals surface area contributed by atoms with E-state index in [1.807, 2.05) is 0 Å². The van der Waals surface area contributed by atoms with E-state index >= 15 is 0 Å². The van der Waals surface area contributed by atoms with E-state index in [2.05, 4.69) is 12.2 Å². The van der Waals surface area contributed by atoms with Gasteiger partial charge in [-0.3, -0.25) is 0 Å². The Hall–Kier alpha value is -1.22. The summed E-state index contributed by atoms with van der Waals surface area (Å²) in [4.78, 5) is 11.6. The van der Waals surface area contributed by atoms with Crippen LogP contribution in [0, 0.1) is 0 Å². The summed E-state index contributed by atoms with van der Waals surface area (Å²) >= 11 is 5.97.